The van der Waals surface area contributed by atoms with Crippen molar-refractivity contribution in [2.24, 2.45) is 11.1 Å². The zero-order valence-electron chi connectivity index (χ0n) is 12.2. The van der Waals surface area contributed by atoms with Crippen molar-refractivity contribution in [3.05, 3.63) is 48.2 Å². The number of carboxylic acids is 1. The van der Waals surface area contributed by atoms with Crippen molar-refractivity contribution in [3.8, 4) is 0 Å². The van der Waals surface area contributed by atoms with Gasteiger partial charge in [0, 0.05) is 23.6 Å². The summed E-state index contributed by atoms with van der Waals surface area (Å²) < 4.78 is 0. The lowest BCUT2D eigenvalue weighted by Gasteiger charge is -2.12. The average molecular weight is 274 g/mol. The first-order valence-corrected chi connectivity index (χ1v) is 6.52. The Balaban J connectivity index is 0.000000200. The smallest absolute Gasteiger partial charge is 0.312 e. The van der Waals surface area contributed by atoms with Crippen molar-refractivity contribution in [1.82, 2.24) is 4.98 Å². The topological polar surface area (TPSA) is 79.1 Å². The van der Waals surface area contributed by atoms with Crippen LogP contribution in [-0.4, -0.2) is 22.6 Å². The molecule has 0 aliphatic carbocycles. The Bertz CT molecular complexity index is 597. The first-order chi connectivity index (χ1) is 9.38. The molecule has 1 heterocycles. The minimum Gasteiger partial charge on any atom is -0.481 e. The van der Waals surface area contributed by atoms with Crippen LogP contribution in [0.5, 0.6) is 0 Å². The molecular weight excluding hydrogens is 252 g/mol. The van der Waals surface area contributed by atoms with E-state index in [0.29, 0.717) is 6.54 Å². The van der Waals surface area contributed by atoms with Gasteiger partial charge in [0.05, 0.1) is 5.41 Å². The summed E-state index contributed by atoms with van der Waals surface area (Å²) in [5, 5.41) is 9.90. The second-order valence-corrected chi connectivity index (χ2v) is 5.18. The van der Waals surface area contributed by atoms with Gasteiger partial charge in [-0.3, -0.25) is 4.79 Å². The number of benzene rings is 1. The van der Waals surface area contributed by atoms with E-state index in [1.807, 2.05) is 12.3 Å². The van der Waals surface area contributed by atoms with Gasteiger partial charge in [-0.1, -0.05) is 30.4 Å². The summed E-state index contributed by atoms with van der Waals surface area (Å²) in [5.41, 5.74) is 6.90. The number of aromatic nitrogens is 1. The largest absolute Gasteiger partial charge is 0.481 e. The molecule has 0 radical (unpaired) electrons. The van der Waals surface area contributed by atoms with E-state index < -0.39 is 11.4 Å². The Kier molecular flexibility index (Phi) is 5.53. The van der Waals surface area contributed by atoms with E-state index >= 15 is 0 Å². The van der Waals surface area contributed by atoms with E-state index in [1.54, 1.807) is 26.0 Å². The molecule has 0 fully saturated rings. The van der Waals surface area contributed by atoms with Gasteiger partial charge in [-0.05, 0) is 32.4 Å². The highest BCUT2D eigenvalue weighted by Gasteiger charge is 2.22. The normalized spacial score (nSPS) is 11.4. The molecule has 0 aliphatic rings. The summed E-state index contributed by atoms with van der Waals surface area (Å²) >= 11 is 0. The monoisotopic (exact) mass is 274 g/mol. The first kappa shape index (κ1) is 16.0. The molecule has 4 nitrogen and oxygen atoms in total. The first-order valence-electron chi connectivity index (χ1n) is 6.52. The van der Waals surface area contributed by atoms with Crippen LogP contribution in [0, 0.1) is 12.3 Å². The molecule has 2 aromatic rings. The maximum atomic E-state index is 10.4. The summed E-state index contributed by atoms with van der Waals surface area (Å²) in [7, 11) is 0. The molecule has 0 aliphatic heterocycles. The number of fused-ring (bicyclic) bond motifs is 1. The second-order valence-electron chi connectivity index (χ2n) is 5.18. The third-order valence-corrected chi connectivity index (χ3v) is 3.02. The Morgan fingerprint density at radius 1 is 1.40 bits per heavy atom. The number of carbonyl (C=O) groups is 1. The highest BCUT2D eigenvalue weighted by atomic mass is 16.4. The van der Waals surface area contributed by atoms with E-state index in [0.717, 1.165) is 0 Å². The molecule has 1 aromatic heterocycles. The Morgan fingerprint density at radius 3 is 2.60 bits per heavy atom. The van der Waals surface area contributed by atoms with Crippen LogP contribution in [0.1, 0.15) is 19.4 Å². The number of aryl methyl sites for hydroxylation is 1. The molecular formula is C16H22N2O2. The Hall–Kier alpha value is -2.07. The van der Waals surface area contributed by atoms with Gasteiger partial charge in [-0.25, -0.2) is 0 Å². The lowest BCUT2D eigenvalue weighted by Crippen LogP contribution is -2.20. The van der Waals surface area contributed by atoms with Crippen LogP contribution in [0.15, 0.2) is 42.6 Å². The molecule has 0 bridgehead atoms. The highest BCUT2D eigenvalue weighted by molar-refractivity contribution is 5.82. The maximum absolute atomic E-state index is 10.4. The third-order valence-electron chi connectivity index (χ3n) is 3.02. The van der Waals surface area contributed by atoms with Crippen molar-refractivity contribution in [1.29, 1.82) is 0 Å². The van der Waals surface area contributed by atoms with Crippen molar-refractivity contribution < 1.29 is 9.90 Å². The zero-order chi connectivity index (χ0) is 15.2. The van der Waals surface area contributed by atoms with Crippen molar-refractivity contribution in [3.63, 3.8) is 0 Å². The number of H-pyrrole nitrogens is 1. The fourth-order valence-electron chi connectivity index (χ4n) is 1.65. The lowest BCUT2D eigenvalue weighted by atomic mass is 9.93. The number of carboxylic acid groups (broad SMARTS) is 1. The number of nitrogens with two attached hydrogens (primary N) is 1. The van der Waals surface area contributed by atoms with Crippen LogP contribution in [0.4, 0.5) is 0 Å². The lowest BCUT2D eigenvalue weighted by molar-refractivity contribution is -0.144. The molecule has 1 aromatic carbocycles. The molecule has 4 N–H and O–H groups in total. The molecule has 20 heavy (non-hydrogen) atoms. The second kappa shape index (κ2) is 6.91. The molecule has 0 amide bonds. The van der Waals surface area contributed by atoms with Crippen molar-refractivity contribution in [2.45, 2.75) is 20.8 Å². The van der Waals surface area contributed by atoms with Gasteiger partial charge in [-0.2, -0.15) is 0 Å². The quantitative estimate of drug-likeness (QED) is 0.752. The Labute approximate surface area is 119 Å². The average Bonchev–Trinajstić information content (AvgIpc) is 2.79. The predicted molar refractivity (Wildman–Crippen MR) is 82.6 cm³/mol. The SMILES string of the molecule is CC(C)(/C=C/CN)C(=O)O.Cc1c[nH]c2ccccc12. The molecule has 2 rings (SSSR count). The van der Waals surface area contributed by atoms with Crippen molar-refractivity contribution >= 4 is 16.9 Å². The van der Waals surface area contributed by atoms with Crippen LogP contribution in [-0.2, 0) is 4.79 Å². The van der Waals surface area contributed by atoms with Gasteiger partial charge < -0.3 is 15.8 Å². The van der Waals surface area contributed by atoms with Gasteiger partial charge in [0.25, 0.3) is 0 Å². The number of hydrogen-bond donors (Lipinski definition) is 3. The molecule has 0 atom stereocenters. The summed E-state index contributed by atoms with van der Waals surface area (Å²) in [6.07, 6.45) is 5.27. The van der Waals surface area contributed by atoms with E-state index in [4.69, 9.17) is 10.8 Å². The summed E-state index contributed by atoms with van der Waals surface area (Å²) in [5.74, 6) is -0.836. The van der Waals surface area contributed by atoms with Crippen LogP contribution in [0.3, 0.4) is 0 Å². The molecule has 108 valence electrons. The van der Waals surface area contributed by atoms with E-state index in [1.165, 1.54) is 16.5 Å². The van der Waals surface area contributed by atoms with Crippen molar-refractivity contribution in [2.75, 3.05) is 6.54 Å². The molecule has 4 heteroatoms. The molecule has 0 unspecified atom stereocenters. The number of hydrogen-bond acceptors (Lipinski definition) is 2. The standard InChI is InChI=1S/C9H9N.C7H13NO2/c1-7-6-10-9-5-3-2-4-8(7)9;1-7(2,6(9)10)4-3-5-8/h2-6,10H,1H3;3-4H,5,8H2,1-2H3,(H,9,10)/b;4-3+. The zero-order valence-corrected chi connectivity index (χ0v) is 12.2. The fraction of sp³-hybridized carbons (Fsp3) is 0.312. The van der Waals surface area contributed by atoms with E-state index in [-0.39, 0.29) is 0 Å². The van der Waals surface area contributed by atoms with Crippen LogP contribution in [0.2, 0.25) is 0 Å². The minimum absolute atomic E-state index is 0.386. The summed E-state index contributed by atoms with van der Waals surface area (Å²) in [6.45, 7) is 5.75. The van der Waals surface area contributed by atoms with E-state index in [2.05, 4.69) is 30.1 Å². The molecule has 0 saturated carbocycles. The van der Waals surface area contributed by atoms with Gasteiger partial charge in [-0.15, -0.1) is 0 Å². The Morgan fingerprint density at radius 2 is 2.05 bits per heavy atom. The van der Waals surface area contributed by atoms with Gasteiger partial charge in [0.1, 0.15) is 0 Å². The van der Waals surface area contributed by atoms with Gasteiger partial charge >= 0.3 is 5.97 Å². The fourth-order valence-corrected chi connectivity index (χ4v) is 1.65. The van der Waals surface area contributed by atoms with Crippen LogP contribution in [0.25, 0.3) is 10.9 Å². The minimum atomic E-state index is -0.836. The predicted octanol–water partition coefficient (Wildman–Crippen LogP) is 3.09. The third kappa shape index (κ3) is 4.24. The molecule has 0 saturated heterocycles. The van der Waals surface area contributed by atoms with Gasteiger partial charge in [0.2, 0.25) is 0 Å². The summed E-state index contributed by atoms with van der Waals surface area (Å²) in [6, 6.07) is 8.31. The van der Waals surface area contributed by atoms with E-state index in [9.17, 15) is 4.79 Å². The number of aliphatic carboxylic acids is 1. The van der Waals surface area contributed by atoms with Crippen LogP contribution >= 0.6 is 0 Å². The maximum Gasteiger partial charge on any atom is 0.312 e. The van der Waals surface area contributed by atoms with Gasteiger partial charge in [0.15, 0.2) is 0 Å². The number of rotatable bonds is 3. The van der Waals surface area contributed by atoms with Crippen LogP contribution < -0.4 is 5.73 Å². The number of aromatic amines is 1. The number of para-hydroxylation sites is 1. The molecule has 0 spiro atoms. The highest BCUT2D eigenvalue weighted by Crippen LogP contribution is 2.16. The number of nitrogens with one attached hydrogen (secondary N) is 1. The summed E-state index contributed by atoms with van der Waals surface area (Å²) in [4.78, 5) is 13.6.